The molecule has 98 valence electrons. The van der Waals surface area contributed by atoms with Gasteiger partial charge in [0.2, 0.25) is 0 Å². The van der Waals surface area contributed by atoms with Crippen LogP contribution in [0.5, 0.6) is 0 Å². The Morgan fingerprint density at radius 3 is 2.21 bits per heavy atom. The van der Waals surface area contributed by atoms with Crippen molar-refractivity contribution in [2.45, 2.75) is 12.6 Å². The van der Waals surface area contributed by atoms with E-state index in [0.29, 0.717) is 12.1 Å². The number of nitrogens with one attached hydrogen (secondary N) is 1. The van der Waals surface area contributed by atoms with Gasteiger partial charge in [-0.05, 0) is 29.8 Å². The van der Waals surface area contributed by atoms with Gasteiger partial charge in [0, 0.05) is 12.1 Å². The molecule has 2 nitrogen and oxygen atoms in total. The van der Waals surface area contributed by atoms with Gasteiger partial charge < -0.3 is 0 Å². The van der Waals surface area contributed by atoms with E-state index >= 15 is 0 Å². The second kappa shape index (κ2) is 5.22. The zero-order valence-electron chi connectivity index (χ0n) is 9.91. The van der Waals surface area contributed by atoms with Crippen LogP contribution < -0.4 is 5.49 Å². The van der Waals surface area contributed by atoms with Crippen LogP contribution in [0.2, 0.25) is 0 Å². The molecule has 1 heterocycles. The number of hydrogen-bond donors (Lipinski definition) is 1. The predicted octanol–water partition coefficient (Wildman–Crippen LogP) is 3.17. The van der Waals surface area contributed by atoms with Gasteiger partial charge in [0.25, 0.3) is 0 Å². The average molecular weight is 264 g/mol. The third kappa shape index (κ3) is 3.64. The molecule has 0 saturated heterocycles. The minimum atomic E-state index is -4.32. The molecule has 0 aliphatic heterocycles. The van der Waals surface area contributed by atoms with Gasteiger partial charge in [0.15, 0.2) is 0 Å². The van der Waals surface area contributed by atoms with Gasteiger partial charge in [-0.15, -0.1) is 0 Å². The molecule has 1 aromatic carbocycles. The van der Waals surface area contributed by atoms with Gasteiger partial charge in [-0.3, -0.25) is 5.41 Å². The van der Waals surface area contributed by atoms with Crippen molar-refractivity contribution in [3.8, 4) is 0 Å². The van der Waals surface area contributed by atoms with Crippen molar-refractivity contribution < 1.29 is 13.2 Å². The maximum absolute atomic E-state index is 12.4. The number of hydrogen-bond acceptors (Lipinski definition) is 2. The van der Waals surface area contributed by atoms with Crippen LogP contribution in [0.1, 0.15) is 16.8 Å². The van der Waals surface area contributed by atoms with E-state index in [4.69, 9.17) is 5.41 Å². The lowest BCUT2D eigenvalue weighted by Crippen LogP contribution is -2.05. The fourth-order valence-corrected chi connectivity index (χ4v) is 1.66. The molecule has 5 heteroatoms. The highest BCUT2D eigenvalue weighted by Crippen LogP contribution is 2.29. The van der Waals surface area contributed by atoms with Crippen molar-refractivity contribution in [3.63, 3.8) is 0 Å². The van der Waals surface area contributed by atoms with E-state index in [1.807, 2.05) is 0 Å². The summed E-state index contributed by atoms with van der Waals surface area (Å²) in [5.74, 6) is 0. The summed E-state index contributed by atoms with van der Waals surface area (Å²) in [6.07, 6.45) is -3.91. The van der Waals surface area contributed by atoms with Crippen LogP contribution in [-0.4, -0.2) is 4.98 Å². The summed E-state index contributed by atoms with van der Waals surface area (Å²) < 4.78 is 37.2. The second-order valence-corrected chi connectivity index (χ2v) is 4.08. The van der Waals surface area contributed by atoms with Crippen molar-refractivity contribution in [3.05, 3.63) is 70.8 Å². The molecule has 0 fully saturated rings. The molecule has 0 radical (unpaired) electrons. The van der Waals surface area contributed by atoms with E-state index in [9.17, 15) is 13.2 Å². The molecule has 0 bridgehead atoms. The Morgan fingerprint density at radius 1 is 0.947 bits per heavy atom. The molecule has 0 aliphatic carbocycles. The summed E-state index contributed by atoms with van der Waals surface area (Å²) >= 11 is 0. The van der Waals surface area contributed by atoms with Crippen LogP contribution in [0.25, 0.3) is 0 Å². The first-order valence-corrected chi connectivity index (χ1v) is 5.62. The average Bonchev–Trinajstić information content (AvgIpc) is 2.53. The van der Waals surface area contributed by atoms with Crippen LogP contribution in [0.3, 0.4) is 0 Å². The molecule has 0 saturated carbocycles. The standard InChI is InChI=1S/C14H11F3N2/c15-14(16,17)11-7-5-10(6-8-11)9-12-3-1-2-4-13(18)19-12/h1-8,18H,9H2. The fourth-order valence-electron chi connectivity index (χ4n) is 1.66. The van der Waals surface area contributed by atoms with Gasteiger partial charge in [0.05, 0.1) is 5.56 Å². The SMILES string of the molecule is N=c1ccccc(Cc2ccc(C(F)(F)F)cc2)n1. The van der Waals surface area contributed by atoms with E-state index in [2.05, 4.69) is 4.98 Å². The Morgan fingerprint density at radius 2 is 1.58 bits per heavy atom. The van der Waals surface area contributed by atoms with Crippen molar-refractivity contribution >= 4 is 0 Å². The highest BCUT2D eigenvalue weighted by atomic mass is 19.4. The largest absolute Gasteiger partial charge is 0.416 e. The van der Waals surface area contributed by atoms with Gasteiger partial charge >= 0.3 is 6.18 Å². The summed E-state index contributed by atoms with van der Waals surface area (Å²) in [6, 6.07) is 11.7. The first-order valence-electron chi connectivity index (χ1n) is 5.62. The van der Waals surface area contributed by atoms with Crippen molar-refractivity contribution in [1.82, 2.24) is 4.98 Å². The molecular weight excluding hydrogens is 253 g/mol. The second-order valence-electron chi connectivity index (χ2n) is 4.08. The van der Waals surface area contributed by atoms with Crippen LogP contribution in [-0.2, 0) is 12.6 Å². The van der Waals surface area contributed by atoms with Gasteiger partial charge in [0.1, 0.15) is 5.49 Å². The summed E-state index contributed by atoms with van der Waals surface area (Å²) in [7, 11) is 0. The third-order valence-corrected chi connectivity index (χ3v) is 2.58. The predicted molar refractivity (Wildman–Crippen MR) is 64.3 cm³/mol. The first kappa shape index (κ1) is 13.3. The zero-order valence-corrected chi connectivity index (χ0v) is 9.91. The Hall–Kier alpha value is -2.17. The molecule has 1 aromatic heterocycles. The van der Waals surface area contributed by atoms with Gasteiger partial charge in [-0.25, -0.2) is 4.98 Å². The Balaban J connectivity index is 2.23. The lowest BCUT2D eigenvalue weighted by atomic mass is 10.1. The monoisotopic (exact) mass is 264 g/mol. The molecule has 0 atom stereocenters. The molecule has 2 aromatic rings. The van der Waals surface area contributed by atoms with Crippen LogP contribution in [0.4, 0.5) is 13.2 Å². The minimum absolute atomic E-state index is 0.131. The van der Waals surface area contributed by atoms with Gasteiger partial charge in [-0.1, -0.05) is 24.3 Å². The van der Waals surface area contributed by atoms with E-state index in [0.717, 1.165) is 17.7 Å². The lowest BCUT2D eigenvalue weighted by Gasteiger charge is -2.07. The maximum Gasteiger partial charge on any atom is 0.416 e. The lowest BCUT2D eigenvalue weighted by molar-refractivity contribution is -0.137. The maximum atomic E-state index is 12.4. The third-order valence-electron chi connectivity index (χ3n) is 2.58. The quantitative estimate of drug-likeness (QED) is 0.888. The van der Waals surface area contributed by atoms with Gasteiger partial charge in [-0.2, -0.15) is 13.2 Å². The highest BCUT2D eigenvalue weighted by Gasteiger charge is 2.29. The number of nitrogens with zero attached hydrogens (tertiary/aromatic N) is 1. The molecule has 19 heavy (non-hydrogen) atoms. The fraction of sp³-hybridized carbons (Fsp3) is 0.143. The Kier molecular flexibility index (Phi) is 3.64. The van der Waals surface area contributed by atoms with Crippen LogP contribution in [0, 0.1) is 5.41 Å². The summed E-state index contributed by atoms with van der Waals surface area (Å²) in [6.45, 7) is 0. The van der Waals surface area contributed by atoms with E-state index in [1.165, 1.54) is 12.1 Å². The number of halogens is 3. The van der Waals surface area contributed by atoms with Crippen molar-refractivity contribution in [2.24, 2.45) is 0 Å². The van der Waals surface area contributed by atoms with Crippen molar-refractivity contribution in [1.29, 1.82) is 5.41 Å². The number of alkyl halides is 3. The molecular formula is C14H11F3N2. The number of aromatic nitrogens is 1. The molecule has 0 unspecified atom stereocenters. The van der Waals surface area contributed by atoms with Crippen LogP contribution >= 0.6 is 0 Å². The number of rotatable bonds is 2. The zero-order chi connectivity index (χ0) is 13.9. The van der Waals surface area contributed by atoms with E-state index < -0.39 is 11.7 Å². The summed E-state index contributed by atoms with van der Waals surface area (Å²) in [5, 5.41) is 7.48. The summed E-state index contributed by atoms with van der Waals surface area (Å²) in [5.41, 5.74) is 0.844. The highest BCUT2D eigenvalue weighted by molar-refractivity contribution is 5.27. The molecule has 0 spiro atoms. The first-order chi connectivity index (χ1) is 8.95. The van der Waals surface area contributed by atoms with E-state index in [-0.39, 0.29) is 5.49 Å². The normalized spacial score (nSPS) is 11.3. The topological polar surface area (TPSA) is 36.7 Å². The van der Waals surface area contributed by atoms with Crippen LogP contribution in [0.15, 0.2) is 48.5 Å². The molecule has 2 rings (SSSR count). The van der Waals surface area contributed by atoms with Crippen molar-refractivity contribution in [2.75, 3.05) is 0 Å². The Labute approximate surface area is 108 Å². The summed E-state index contributed by atoms with van der Waals surface area (Å²) in [4.78, 5) is 4.05. The smallest absolute Gasteiger partial charge is 0.283 e. The minimum Gasteiger partial charge on any atom is -0.283 e. The molecule has 1 N–H and O–H groups in total. The Bertz CT molecular complexity index is 619. The van der Waals surface area contributed by atoms with E-state index in [1.54, 1.807) is 24.3 Å². The molecule has 0 amide bonds. The number of benzene rings is 1. The molecule has 0 aliphatic rings.